The Morgan fingerprint density at radius 3 is 2.35 bits per heavy atom. The summed E-state index contributed by atoms with van der Waals surface area (Å²) >= 11 is 0. The van der Waals surface area contributed by atoms with Gasteiger partial charge in [-0.15, -0.1) is 0 Å². The van der Waals surface area contributed by atoms with Crippen molar-refractivity contribution in [2.45, 2.75) is 65.7 Å². The van der Waals surface area contributed by atoms with Crippen LogP contribution in [0.3, 0.4) is 0 Å². The molecule has 0 heterocycles. The highest BCUT2D eigenvalue weighted by atomic mass is 16.5. The number of anilines is 1. The molecule has 2 atom stereocenters. The number of unbranched alkanes of at least 4 members (excludes halogenated alkanes) is 2. The van der Waals surface area contributed by atoms with Crippen LogP contribution in [0, 0.1) is 11.3 Å². The van der Waals surface area contributed by atoms with Crippen LogP contribution < -0.4 is 20.5 Å². The number of hydrogen-bond donors (Lipinski definition) is 2. The molecule has 2 amide bonds. The molecule has 2 rings (SSSR count). The number of carbonyl (C=O) groups excluding carboxylic acids is 2. The highest BCUT2D eigenvalue weighted by Crippen LogP contribution is 2.45. The molecule has 0 aliphatic heterocycles. The number of amides is 2. The molecule has 0 aliphatic rings. The summed E-state index contributed by atoms with van der Waals surface area (Å²) in [5, 5.41) is 3.11. The number of hydrogen-bond acceptors (Lipinski definition) is 4. The maximum Gasteiger partial charge on any atom is 0.228 e. The highest BCUT2D eigenvalue weighted by molar-refractivity contribution is 5.94. The van der Waals surface area contributed by atoms with Gasteiger partial charge in [0, 0.05) is 11.8 Å². The van der Waals surface area contributed by atoms with Crippen LogP contribution in [0.5, 0.6) is 11.5 Å². The van der Waals surface area contributed by atoms with Crippen LogP contribution >= 0.6 is 0 Å². The summed E-state index contributed by atoms with van der Waals surface area (Å²) in [6, 6.07) is 13.1. The normalized spacial score (nSPS) is 13.1. The molecular formula is C28H40N2O4. The van der Waals surface area contributed by atoms with Crippen molar-refractivity contribution >= 4 is 17.5 Å². The van der Waals surface area contributed by atoms with Gasteiger partial charge in [0.15, 0.2) is 0 Å². The van der Waals surface area contributed by atoms with Crippen molar-refractivity contribution in [2.24, 2.45) is 17.1 Å². The van der Waals surface area contributed by atoms with Crippen LogP contribution in [-0.2, 0) is 16.0 Å². The zero-order valence-electron chi connectivity index (χ0n) is 21.4. The molecule has 2 unspecified atom stereocenters. The Morgan fingerprint density at radius 2 is 1.76 bits per heavy atom. The molecule has 34 heavy (non-hydrogen) atoms. The van der Waals surface area contributed by atoms with Crippen LogP contribution in [0.2, 0.25) is 0 Å². The molecule has 0 saturated heterocycles. The molecule has 0 spiro atoms. The summed E-state index contributed by atoms with van der Waals surface area (Å²) in [7, 11) is 3.28. The van der Waals surface area contributed by atoms with Crippen molar-refractivity contribution < 1.29 is 19.1 Å². The van der Waals surface area contributed by atoms with E-state index in [1.165, 1.54) is 0 Å². The van der Waals surface area contributed by atoms with Crippen LogP contribution in [-0.4, -0.2) is 26.0 Å². The Bertz CT molecular complexity index is 965. The minimum atomic E-state index is -0.404. The zero-order chi connectivity index (χ0) is 25.3. The van der Waals surface area contributed by atoms with E-state index in [9.17, 15) is 9.59 Å². The lowest BCUT2D eigenvalue weighted by Crippen LogP contribution is -2.38. The summed E-state index contributed by atoms with van der Waals surface area (Å²) in [6.07, 6.45) is 4.22. The van der Waals surface area contributed by atoms with Gasteiger partial charge in [-0.25, -0.2) is 0 Å². The average Bonchev–Trinajstić information content (AvgIpc) is 2.77. The van der Waals surface area contributed by atoms with Crippen molar-refractivity contribution in [1.29, 1.82) is 0 Å². The molecule has 186 valence electrons. The Labute approximate surface area is 204 Å². The van der Waals surface area contributed by atoms with E-state index in [4.69, 9.17) is 15.2 Å². The maximum atomic E-state index is 13.8. The lowest BCUT2D eigenvalue weighted by Gasteiger charge is -2.37. The fourth-order valence-corrected chi connectivity index (χ4v) is 4.60. The number of methoxy groups -OCH3 is 2. The minimum Gasteiger partial charge on any atom is -0.497 e. The van der Waals surface area contributed by atoms with E-state index < -0.39 is 5.91 Å². The number of nitrogens with two attached hydrogens (primary N) is 1. The molecular weight excluding hydrogens is 428 g/mol. The van der Waals surface area contributed by atoms with Crippen molar-refractivity contribution in [3.63, 3.8) is 0 Å². The number of carbonyl (C=O) groups is 2. The van der Waals surface area contributed by atoms with Crippen molar-refractivity contribution in [2.75, 3.05) is 19.5 Å². The number of rotatable bonds is 12. The first-order chi connectivity index (χ1) is 16.1. The molecule has 0 fully saturated rings. The van der Waals surface area contributed by atoms with Gasteiger partial charge in [0.1, 0.15) is 11.5 Å². The van der Waals surface area contributed by atoms with E-state index in [0.29, 0.717) is 5.69 Å². The summed E-state index contributed by atoms with van der Waals surface area (Å²) in [5.41, 5.74) is 7.48. The largest absolute Gasteiger partial charge is 0.497 e. The van der Waals surface area contributed by atoms with Gasteiger partial charge < -0.3 is 20.5 Å². The van der Waals surface area contributed by atoms with Crippen LogP contribution in [0.1, 0.15) is 70.4 Å². The van der Waals surface area contributed by atoms with E-state index in [-0.39, 0.29) is 29.6 Å². The first-order valence-electron chi connectivity index (χ1n) is 12.0. The Balaban J connectivity index is 2.46. The molecule has 6 heteroatoms. The fraction of sp³-hybridized carbons (Fsp3) is 0.500. The molecule has 2 aromatic carbocycles. The number of primary amides is 1. The van der Waals surface area contributed by atoms with E-state index in [1.54, 1.807) is 14.2 Å². The Kier molecular flexibility index (Phi) is 9.97. The smallest absolute Gasteiger partial charge is 0.228 e. The van der Waals surface area contributed by atoms with Gasteiger partial charge in [-0.05, 0) is 47.1 Å². The van der Waals surface area contributed by atoms with E-state index in [2.05, 4.69) is 33.0 Å². The Hall–Kier alpha value is -3.02. The second kappa shape index (κ2) is 12.4. The first-order valence-corrected chi connectivity index (χ1v) is 12.0. The highest BCUT2D eigenvalue weighted by Gasteiger charge is 2.39. The van der Waals surface area contributed by atoms with Gasteiger partial charge in [-0.3, -0.25) is 9.59 Å². The molecule has 3 N–H and O–H groups in total. The number of ether oxygens (including phenoxy) is 2. The third kappa shape index (κ3) is 7.51. The molecule has 0 aromatic heterocycles. The third-order valence-electron chi connectivity index (χ3n) is 6.15. The summed E-state index contributed by atoms with van der Waals surface area (Å²) < 4.78 is 11.1. The van der Waals surface area contributed by atoms with Crippen molar-refractivity contribution in [3.05, 3.63) is 53.6 Å². The fourth-order valence-electron chi connectivity index (χ4n) is 4.60. The quantitative estimate of drug-likeness (QED) is 0.391. The standard InChI is InChI=1S/C28H40N2O4/c1-7-8-9-13-23(22-15-14-21(33-5)18-24(22)34-6)26(28(2,3)4)27(32)30-20-12-10-11-19(16-20)17-25(29)31/h10-12,14-16,18,23,26H,7-9,13,17H2,1-6H3,(H2,29,31)(H,30,32). The lowest BCUT2D eigenvalue weighted by molar-refractivity contribution is -0.124. The average molecular weight is 469 g/mol. The van der Waals surface area contributed by atoms with Crippen LogP contribution in [0.25, 0.3) is 0 Å². The topological polar surface area (TPSA) is 90.7 Å². The predicted molar refractivity (Wildman–Crippen MR) is 137 cm³/mol. The zero-order valence-corrected chi connectivity index (χ0v) is 21.4. The predicted octanol–water partition coefficient (Wildman–Crippen LogP) is 5.70. The van der Waals surface area contributed by atoms with Gasteiger partial charge in [0.05, 0.1) is 26.6 Å². The lowest BCUT2D eigenvalue weighted by atomic mass is 9.68. The van der Waals surface area contributed by atoms with E-state index >= 15 is 0 Å². The number of benzene rings is 2. The third-order valence-corrected chi connectivity index (χ3v) is 6.15. The monoisotopic (exact) mass is 468 g/mol. The first kappa shape index (κ1) is 27.2. The van der Waals surface area contributed by atoms with Gasteiger partial charge in [-0.1, -0.05) is 65.2 Å². The molecule has 0 aliphatic carbocycles. The Morgan fingerprint density at radius 1 is 1.03 bits per heavy atom. The molecule has 0 saturated carbocycles. The van der Waals surface area contributed by atoms with Crippen LogP contribution in [0.15, 0.2) is 42.5 Å². The van der Waals surface area contributed by atoms with Gasteiger partial charge in [0.2, 0.25) is 11.8 Å². The molecule has 0 radical (unpaired) electrons. The van der Waals surface area contributed by atoms with Gasteiger partial charge in [-0.2, -0.15) is 0 Å². The van der Waals surface area contributed by atoms with E-state index in [1.807, 2.05) is 42.5 Å². The van der Waals surface area contributed by atoms with E-state index in [0.717, 1.165) is 48.3 Å². The minimum absolute atomic E-state index is 0.0405. The van der Waals surface area contributed by atoms with Crippen molar-refractivity contribution in [1.82, 2.24) is 0 Å². The molecule has 0 bridgehead atoms. The molecule has 2 aromatic rings. The second-order valence-electron chi connectivity index (χ2n) is 9.89. The maximum absolute atomic E-state index is 13.8. The SMILES string of the molecule is CCCCCC(c1ccc(OC)cc1OC)C(C(=O)Nc1cccc(CC(N)=O)c1)C(C)(C)C. The molecule has 6 nitrogen and oxygen atoms in total. The summed E-state index contributed by atoms with van der Waals surface area (Å²) in [5.74, 6) is 0.636. The van der Waals surface area contributed by atoms with Gasteiger partial charge in [0.25, 0.3) is 0 Å². The number of nitrogens with one attached hydrogen (secondary N) is 1. The van der Waals surface area contributed by atoms with Gasteiger partial charge >= 0.3 is 0 Å². The summed E-state index contributed by atoms with van der Waals surface area (Å²) in [4.78, 5) is 25.1. The van der Waals surface area contributed by atoms with Crippen molar-refractivity contribution in [3.8, 4) is 11.5 Å². The second-order valence-corrected chi connectivity index (χ2v) is 9.89. The van der Waals surface area contributed by atoms with Crippen LogP contribution in [0.4, 0.5) is 5.69 Å². The summed E-state index contributed by atoms with van der Waals surface area (Å²) in [6.45, 7) is 8.48.